The number of phenols is 1. The van der Waals surface area contributed by atoms with Crippen molar-refractivity contribution in [2.24, 2.45) is 10.9 Å². The van der Waals surface area contributed by atoms with Crippen molar-refractivity contribution in [2.75, 3.05) is 0 Å². The predicted octanol–water partition coefficient (Wildman–Crippen LogP) is 5.84. The highest BCUT2D eigenvalue weighted by atomic mass is 35.5. The second kappa shape index (κ2) is 8.76. The van der Waals surface area contributed by atoms with E-state index in [-0.39, 0.29) is 27.9 Å². The average molecular weight is 449 g/mol. The van der Waals surface area contributed by atoms with Crippen molar-refractivity contribution < 1.29 is 5.11 Å². The van der Waals surface area contributed by atoms with E-state index < -0.39 is 0 Å². The van der Waals surface area contributed by atoms with E-state index in [1.807, 2.05) is 67.6 Å². The largest absolute Gasteiger partial charge is 0.506 e. The molecule has 0 bridgehead atoms. The number of hydrogen-bond donors (Lipinski definition) is 2. The average Bonchev–Trinajstić information content (AvgIpc) is 2.78. The maximum absolute atomic E-state index is 10.5. The number of nitrogens with two attached hydrogens (primary N) is 1. The van der Waals surface area contributed by atoms with E-state index >= 15 is 0 Å². The van der Waals surface area contributed by atoms with Crippen LogP contribution in [0, 0.1) is 6.92 Å². The van der Waals surface area contributed by atoms with E-state index in [1.165, 1.54) is 12.1 Å². The summed E-state index contributed by atoms with van der Waals surface area (Å²) in [5, 5.41) is 14.8. The first-order valence-corrected chi connectivity index (χ1v) is 10.2. The highest BCUT2D eigenvalue weighted by Gasteiger charge is 2.20. The van der Waals surface area contributed by atoms with Gasteiger partial charge < -0.3 is 10.9 Å². The highest BCUT2D eigenvalue weighted by molar-refractivity contribution is 6.36. The van der Waals surface area contributed by atoms with Gasteiger partial charge in [-0.15, -0.1) is 0 Å². The van der Waals surface area contributed by atoms with Crippen LogP contribution in [0.15, 0.2) is 77.9 Å². The van der Waals surface area contributed by atoms with Gasteiger partial charge in [0, 0.05) is 16.1 Å². The fourth-order valence-electron chi connectivity index (χ4n) is 3.18. The van der Waals surface area contributed by atoms with Crippen molar-refractivity contribution in [3.63, 3.8) is 0 Å². The number of nitrogens with zero attached hydrogens (tertiary/aromatic N) is 3. The quantitative estimate of drug-likeness (QED) is 0.233. The van der Waals surface area contributed by atoms with Gasteiger partial charge in [0.05, 0.1) is 22.0 Å². The molecule has 0 unspecified atom stereocenters. The van der Waals surface area contributed by atoms with Gasteiger partial charge in [-0.1, -0.05) is 83.4 Å². The monoisotopic (exact) mass is 448 g/mol. The van der Waals surface area contributed by atoms with Crippen LogP contribution >= 0.6 is 23.2 Å². The molecule has 4 rings (SSSR count). The topological polar surface area (TPSA) is 84.4 Å². The number of aromatic nitrogens is 2. The van der Waals surface area contributed by atoms with E-state index in [2.05, 4.69) is 15.1 Å². The SMILES string of the molecule is Cc1ccc(-c2cc(-c3ccccc3)nc(/C(=N/N)c3cc(Cl)cc(Cl)c3O)n2)cc1. The van der Waals surface area contributed by atoms with Crippen molar-refractivity contribution >= 4 is 28.9 Å². The van der Waals surface area contributed by atoms with Gasteiger partial charge in [-0.05, 0) is 25.1 Å². The Balaban J connectivity index is 1.94. The summed E-state index contributed by atoms with van der Waals surface area (Å²) in [4.78, 5) is 9.36. The van der Waals surface area contributed by atoms with Crippen LogP contribution in [0.1, 0.15) is 17.0 Å². The fraction of sp³-hybridized carbons (Fsp3) is 0.0417. The van der Waals surface area contributed by atoms with Crippen molar-refractivity contribution in [3.05, 3.63) is 99.8 Å². The number of rotatable bonds is 4. The third kappa shape index (κ3) is 4.38. The van der Waals surface area contributed by atoms with Crippen molar-refractivity contribution in [2.45, 2.75) is 6.92 Å². The molecule has 0 aliphatic carbocycles. The van der Waals surface area contributed by atoms with Crippen LogP contribution in [0.2, 0.25) is 10.0 Å². The number of phenolic OH excluding ortho intramolecular Hbond substituents is 1. The van der Waals surface area contributed by atoms with E-state index in [4.69, 9.17) is 29.0 Å². The summed E-state index contributed by atoms with van der Waals surface area (Å²) in [6.45, 7) is 2.02. The zero-order valence-corrected chi connectivity index (χ0v) is 18.1. The number of hydrazone groups is 1. The molecular formula is C24H18Cl2N4O. The van der Waals surface area contributed by atoms with Gasteiger partial charge in [-0.3, -0.25) is 0 Å². The Morgan fingerprint density at radius 1 is 0.871 bits per heavy atom. The Morgan fingerprint density at radius 2 is 1.48 bits per heavy atom. The summed E-state index contributed by atoms with van der Waals surface area (Å²) in [6, 6.07) is 22.6. The summed E-state index contributed by atoms with van der Waals surface area (Å²) >= 11 is 12.3. The van der Waals surface area contributed by atoms with Crippen LogP contribution in [-0.2, 0) is 0 Å². The lowest BCUT2D eigenvalue weighted by Gasteiger charge is -2.12. The van der Waals surface area contributed by atoms with Gasteiger partial charge in [0.25, 0.3) is 0 Å². The van der Waals surface area contributed by atoms with Crippen LogP contribution < -0.4 is 5.84 Å². The lowest BCUT2D eigenvalue weighted by Crippen LogP contribution is -2.13. The van der Waals surface area contributed by atoms with Gasteiger partial charge in [0.1, 0.15) is 11.5 Å². The molecule has 154 valence electrons. The third-order valence-electron chi connectivity index (χ3n) is 4.77. The Labute approximate surface area is 189 Å². The molecule has 0 spiro atoms. The second-order valence-electron chi connectivity index (χ2n) is 6.96. The van der Waals surface area contributed by atoms with Crippen molar-refractivity contribution in [1.29, 1.82) is 0 Å². The van der Waals surface area contributed by atoms with Gasteiger partial charge in [-0.2, -0.15) is 5.10 Å². The molecular weight excluding hydrogens is 431 g/mol. The van der Waals surface area contributed by atoms with Gasteiger partial charge in [0.15, 0.2) is 5.82 Å². The second-order valence-corrected chi connectivity index (χ2v) is 7.80. The number of aromatic hydroxyl groups is 1. The number of halogens is 2. The van der Waals surface area contributed by atoms with E-state index in [0.717, 1.165) is 16.7 Å². The minimum atomic E-state index is -0.194. The number of hydrogen-bond acceptors (Lipinski definition) is 5. The zero-order valence-electron chi connectivity index (χ0n) is 16.6. The van der Waals surface area contributed by atoms with Gasteiger partial charge in [0.2, 0.25) is 0 Å². The lowest BCUT2D eigenvalue weighted by molar-refractivity contribution is 0.474. The molecule has 0 aliphatic heterocycles. The summed E-state index contributed by atoms with van der Waals surface area (Å²) in [7, 11) is 0. The molecule has 7 heteroatoms. The molecule has 1 heterocycles. The standard InChI is InChI=1S/C24H18Cl2N4O/c1-14-7-9-16(10-8-14)21-13-20(15-5-3-2-4-6-15)28-24(29-21)22(30-27)18-11-17(25)12-19(26)23(18)31/h2-13,31H,27H2,1H3/b30-22+. The molecule has 3 N–H and O–H groups in total. The molecule has 1 aromatic heterocycles. The Hall–Kier alpha value is -3.41. The van der Waals surface area contributed by atoms with Crippen LogP contribution in [0.5, 0.6) is 5.75 Å². The van der Waals surface area contributed by atoms with Crippen molar-refractivity contribution in [1.82, 2.24) is 9.97 Å². The van der Waals surface area contributed by atoms with Crippen LogP contribution in [0.3, 0.4) is 0 Å². The van der Waals surface area contributed by atoms with Crippen LogP contribution in [0.4, 0.5) is 0 Å². The molecule has 3 aromatic carbocycles. The minimum Gasteiger partial charge on any atom is -0.506 e. The molecule has 5 nitrogen and oxygen atoms in total. The van der Waals surface area contributed by atoms with E-state index in [1.54, 1.807) is 0 Å². The smallest absolute Gasteiger partial charge is 0.181 e. The first-order chi connectivity index (χ1) is 15.0. The Kier molecular flexibility index (Phi) is 5.89. The molecule has 0 radical (unpaired) electrons. The Bertz CT molecular complexity index is 1270. The summed E-state index contributed by atoms with van der Waals surface area (Å²) in [6.07, 6.45) is 0. The van der Waals surface area contributed by atoms with Crippen LogP contribution in [0.25, 0.3) is 22.5 Å². The highest BCUT2D eigenvalue weighted by Crippen LogP contribution is 2.33. The van der Waals surface area contributed by atoms with Crippen molar-refractivity contribution in [3.8, 4) is 28.3 Å². The first kappa shape index (κ1) is 20.8. The lowest BCUT2D eigenvalue weighted by atomic mass is 10.0. The molecule has 0 atom stereocenters. The van der Waals surface area contributed by atoms with E-state index in [0.29, 0.717) is 16.4 Å². The zero-order chi connectivity index (χ0) is 22.0. The molecule has 0 saturated carbocycles. The number of aryl methyl sites for hydroxylation is 1. The summed E-state index contributed by atoms with van der Waals surface area (Å²) in [5.41, 5.74) is 4.77. The molecule has 4 aromatic rings. The number of benzene rings is 3. The normalized spacial score (nSPS) is 11.5. The molecule has 0 fully saturated rings. The molecule has 0 saturated heterocycles. The van der Waals surface area contributed by atoms with E-state index in [9.17, 15) is 5.11 Å². The third-order valence-corrected chi connectivity index (χ3v) is 5.27. The summed E-state index contributed by atoms with van der Waals surface area (Å²) in [5.74, 6) is 5.76. The van der Waals surface area contributed by atoms with Gasteiger partial charge >= 0.3 is 0 Å². The molecule has 31 heavy (non-hydrogen) atoms. The maximum Gasteiger partial charge on any atom is 0.181 e. The fourth-order valence-corrected chi connectivity index (χ4v) is 3.67. The minimum absolute atomic E-state index is 0.0848. The summed E-state index contributed by atoms with van der Waals surface area (Å²) < 4.78 is 0. The van der Waals surface area contributed by atoms with Gasteiger partial charge in [-0.25, -0.2) is 9.97 Å². The van der Waals surface area contributed by atoms with Crippen LogP contribution in [-0.4, -0.2) is 20.8 Å². The Morgan fingerprint density at radius 3 is 2.10 bits per heavy atom. The first-order valence-electron chi connectivity index (χ1n) is 9.44. The molecule has 0 aliphatic rings. The molecule has 0 amide bonds. The predicted molar refractivity (Wildman–Crippen MR) is 126 cm³/mol. The maximum atomic E-state index is 10.5.